The molecule has 0 atom stereocenters. The molecule has 0 aliphatic heterocycles. The molecule has 1 saturated carbocycles. The zero-order valence-corrected chi connectivity index (χ0v) is 16.1. The van der Waals surface area contributed by atoms with Gasteiger partial charge in [-0.3, -0.25) is 4.68 Å². The van der Waals surface area contributed by atoms with Crippen LogP contribution in [0.15, 0.2) is 30.9 Å². The standard InChI is InChI=1S/C21H29N5/c1-4-9-25(2)18-7-5-15(6-8-18)16-10-19-20(13-23-21(19)22-11-16)17-12-24-26(3)14-17/h10-15,18H,4-9H2,1-3H3,(H,22,23)/t15-,18-. The number of aryl methyl sites for hydroxylation is 1. The van der Waals surface area contributed by atoms with Gasteiger partial charge in [-0.1, -0.05) is 6.92 Å². The Bertz CT molecular complexity index is 870. The smallest absolute Gasteiger partial charge is 0.137 e. The van der Waals surface area contributed by atoms with Crippen molar-refractivity contribution in [1.29, 1.82) is 0 Å². The topological polar surface area (TPSA) is 49.7 Å². The molecule has 0 aromatic carbocycles. The molecule has 0 spiro atoms. The van der Waals surface area contributed by atoms with Gasteiger partial charge in [-0.2, -0.15) is 5.10 Å². The van der Waals surface area contributed by atoms with Crippen molar-refractivity contribution in [2.45, 2.75) is 51.0 Å². The van der Waals surface area contributed by atoms with Gasteiger partial charge in [0.2, 0.25) is 0 Å². The summed E-state index contributed by atoms with van der Waals surface area (Å²) in [7, 11) is 4.23. The summed E-state index contributed by atoms with van der Waals surface area (Å²) >= 11 is 0. The molecule has 3 aromatic rings. The fraction of sp³-hybridized carbons (Fsp3) is 0.524. The lowest BCUT2D eigenvalue weighted by Gasteiger charge is -2.34. The Hall–Kier alpha value is -2.14. The molecular formula is C21H29N5. The number of nitrogens with one attached hydrogen (secondary N) is 1. The van der Waals surface area contributed by atoms with Crippen LogP contribution in [0.2, 0.25) is 0 Å². The highest BCUT2D eigenvalue weighted by molar-refractivity contribution is 5.93. The predicted molar refractivity (Wildman–Crippen MR) is 106 cm³/mol. The van der Waals surface area contributed by atoms with Crippen LogP contribution in [0.5, 0.6) is 0 Å². The Balaban J connectivity index is 1.55. The SMILES string of the molecule is CCCN(C)[C@H]1CC[C@H](c2cnc3[nH]cc(-c4cnn(C)c4)c3c2)CC1. The van der Waals surface area contributed by atoms with Gasteiger partial charge in [-0.05, 0) is 63.2 Å². The first-order valence-electron chi connectivity index (χ1n) is 9.82. The van der Waals surface area contributed by atoms with E-state index in [1.807, 2.05) is 17.9 Å². The molecule has 1 fully saturated rings. The first-order valence-corrected chi connectivity index (χ1v) is 9.82. The number of pyridine rings is 1. The largest absolute Gasteiger partial charge is 0.346 e. The predicted octanol–water partition coefficient (Wildman–Crippen LogP) is 4.33. The molecule has 0 amide bonds. The fourth-order valence-corrected chi connectivity index (χ4v) is 4.43. The summed E-state index contributed by atoms with van der Waals surface area (Å²) in [5.41, 5.74) is 4.68. The maximum atomic E-state index is 4.70. The zero-order chi connectivity index (χ0) is 18.1. The number of aromatic amines is 1. The summed E-state index contributed by atoms with van der Waals surface area (Å²) in [6.45, 7) is 3.47. The molecule has 26 heavy (non-hydrogen) atoms. The second-order valence-corrected chi connectivity index (χ2v) is 7.76. The Kier molecular flexibility index (Phi) is 4.81. The zero-order valence-electron chi connectivity index (χ0n) is 16.1. The summed E-state index contributed by atoms with van der Waals surface area (Å²) in [6.07, 6.45) is 14.5. The Labute approximate surface area is 155 Å². The van der Waals surface area contributed by atoms with E-state index in [1.165, 1.54) is 55.2 Å². The van der Waals surface area contributed by atoms with Gasteiger partial charge >= 0.3 is 0 Å². The first kappa shape index (κ1) is 17.3. The van der Waals surface area contributed by atoms with Gasteiger partial charge in [-0.25, -0.2) is 4.98 Å². The van der Waals surface area contributed by atoms with Crippen LogP contribution >= 0.6 is 0 Å². The highest BCUT2D eigenvalue weighted by Gasteiger charge is 2.25. The van der Waals surface area contributed by atoms with E-state index in [-0.39, 0.29) is 0 Å². The van der Waals surface area contributed by atoms with Crippen LogP contribution in [0.3, 0.4) is 0 Å². The van der Waals surface area contributed by atoms with Crippen LogP contribution in [0, 0.1) is 0 Å². The van der Waals surface area contributed by atoms with Crippen LogP contribution in [-0.2, 0) is 7.05 Å². The van der Waals surface area contributed by atoms with Gasteiger partial charge in [0, 0.05) is 48.2 Å². The number of nitrogens with zero attached hydrogens (tertiary/aromatic N) is 4. The van der Waals surface area contributed by atoms with Gasteiger partial charge in [0.15, 0.2) is 0 Å². The average Bonchev–Trinajstić information content (AvgIpc) is 3.27. The first-order chi connectivity index (χ1) is 12.7. The third-order valence-electron chi connectivity index (χ3n) is 5.94. The number of aromatic nitrogens is 4. The normalized spacial score (nSPS) is 20.9. The molecule has 5 nitrogen and oxygen atoms in total. The van der Waals surface area contributed by atoms with E-state index in [0.717, 1.165) is 17.3 Å². The van der Waals surface area contributed by atoms with Gasteiger partial charge in [0.25, 0.3) is 0 Å². The lowest BCUT2D eigenvalue weighted by molar-refractivity contribution is 0.183. The number of hydrogen-bond acceptors (Lipinski definition) is 3. The van der Waals surface area contributed by atoms with E-state index in [4.69, 9.17) is 4.98 Å². The second-order valence-electron chi connectivity index (χ2n) is 7.76. The molecule has 0 unspecified atom stereocenters. The van der Waals surface area contributed by atoms with Crippen LogP contribution in [0.4, 0.5) is 0 Å². The Morgan fingerprint density at radius 1 is 1.23 bits per heavy atom. The van der Waals surface area contributed by atoms with Crippen molar-refractivity contribution < 1.29 is 0 Å². The lowest BCUT2D eigenvalue weighted by Crippen LogP contribution is -2.35. The van der Waals surface area contributed by atoms with Gasteiger partial charge < -0.3 is 9.88 Å². The van der Waals surface area contributed by atoms with Gasteiger partial charge in [0.05, 0.1) is 6.20 Å². The van der Waals surface area contributed by atoms with Gasteiger partial charge in [0.1, 0.15) is 5.65 Å². The van der Waals surface area contributed by atoms with Crippen LogP contribution in [0.1, 0.15) is 50.5 Å². The summed E-state index contributed by atoms with van der Waals surface area (Å²) < 4.78 is 1.85. The average molecular weight is 351 g/mol. The van der Waals surface area contributed by atoms with E-state index in [1.54, 1.807) is 0 Å². The number of rotatable bonds is 5. The summed E-state index contributed by atoms with van der Waals surface area (Å²) in [4.78, 5) is 10.6. The molecule has 1 N–H and O–H groups in total. The van der Waals surface area contributed by atoms with E-state index >= 15 is 0 Å². The molecule has 1 aliphatic rings. The monoisotopic (exact) mass is 351 g/mol. The summed E-state index contributed by atoms with van der Waals surface area (Å²) in [6, 6.07) is 3.10. The van der Waals surface area contributed by atoms with Crippen molar-refractivity contribution in [2.75, 3.05) is 13.6 Å². The third-order valence-corrected chi connectivity index (χ3v) is 5.94. The minimum Gasteiger partial charge on any atom is -0.346 e. The van der Waals surface area contributed by atoms with E-state index in [9.17, 15) is 0 Å². The van der Waals surface area contributed by atoms with E-state index in [2.05, 4.69) is 53.6 Å². The molecule has 1 aliphatic carbocycles. The van der Waals surface area contributed by atoms with Crippen molar-refractivity contribution in [1.82, 2.24) is 24.6 Å². The molecular weight excluding hydrogens is 322 g/mol. The Morgan fingerprint density at radius 3 is 2.73 bits per heavy atom. The molecule has 0 saturated heterocycles. The maximum Gasteiger partial charge on any atom is 0.137 e. The number of hydrogen-bond donors (Lipinski definition) is 1. The second kappa shape index (κ2) is 7.23. The Morgan fingerprint density at radius 2 is 2.04 bits per heavy atom. The quantitative estimate of drug-likeness (QED) is 0.744. The summed E-state index contributed by atoms with van der Waals surface area (Å²) in [5.74, 6) is 0.634. The van der Waals surface area contributed by atoms with E-state index < -0.39 is 0 Å². The van der Waals surface area contributed by atoms with Crippen molar-refractivity contribution in [3.8, 4) is 11.1 Å². The summed E-state index contributed by atoms with van der Waals surface area (Å²) in [5, 5.41) is 5.52. The highest BCUT2D eigenvalue weighted by atomic mass is 15.2. The molecule has 5 heteroatoms. The minimum atomic E-state index is 0.634. The molecule has 138 valence electrons. The van der Waals surface area contributed by atoms with Crippen LogP contribution < -0.4 is 0 Å². The number of fused-ring (bicyclic) bond motifs is 1. The van der Waals surface area contributed by atoms with Crippen LogP contribution in [0.25, 0.3) is 22.2 Å². The van der Waals surface area contributed by atoms with Crippen molar-refractivity contribution >= 4 is 11.0 Å². The van der Waals surface area contributed by atoms with Crippen LogP contribution in [-0.4, -0.2) is 44.3 Å². The van der Waals surface area contributed by atoms with E-state index in [0.29, 0.717) is 5.92 Å². The highest BCUT2D eigenvalue weighted by Crippen LogP contribution is 2.36. The fourth-order valence-electron chi connectivity index (χ4n) is 4.43. The maximum absolute atomic E-state index is 4.70. The van der Waals surface area contributed by atoms with Crippen molar-refractivity contribution in [3.63, 3.8) is 0 Å². The molecule has 4 rings (SSSR count). The lowest BCUT2D eigenvalue weighted by atomic mass is 9.81. The number of H-pyrrole nitrogens is 1. The third kappa shape index (κ3) is 3.28. The minimum absolute atomic E-state index is 0.634. The molecule has 0 bridgehead atoms. The molecule has 0 radical (unpaired) electrons. The van der Waals surface area contributed by atoms with Crippen molar-refractivity contribution in [3.05, 3.63) is 36.4 Å². The molecule has 3 aromatic heterocycles. The van der Waals surface area contributed by atoms with Gasteiger partial charge in [-0.15, -0.1) is 0 Å². The molecule has 3 heterocycles. The van der Waals surface area contributed by atoms with Crippen molar-refractivity contribution in [2.24, 2.45) is 7.05 Å².